The minimum absolute atomic E-state index is 0.168. The molecule has 2 aromatic heterocycles. The maximum absolute atomic E-state index is 13.7. The second-order valence-corrected chi connectivity index (χ2v) is 8.72. The van der Waals surface area contributed by atoms with E-state index in [1.165, 1.54) is 12.1 Å². The van der Waals surface area contributed by atoms with Gasteiger partial charge in [-0.25, -0.2) is 4.39 Å². The standard InChI is InChI=1S/C27H25FN4OS/c1-17-15-23(18(2)31(17)21-7-6-8-22(16-21)33-3)26-25(24-9-4-5-14-29-24)30-27(34)32(26)20-12-10-19(28)11-13-20/h4-16,25-26H,1-3H3,(H,30,34)/t25-,26-/m0/s1. The Morgan fingerprint density at radius 3 is 2.47 bits per heavy atom. The van der Waals surface area contributed by atoms with Crippen LogP contribution in [0.15, 0.2) is 79.0 Å². The number of nitrogens with zero attached hydrogens (tertiary/aromatic N) is 3. The zero-order valence-electron chi connectivity index (χ0n) is 19.2. The number of aryl methyl sites for hydroxylation is 1. The van der Waals surface area contributed by atoms with Crippen LogP contribution in [0.3, 0.4) is 0 Å². The fraction of sp³-hybridized carbons (Fsp3) is 0.185. The quantitative estimate of drug-likeness (QED) is 0.371. The highest BCUT2D eigenvalue weighted by atomic mass is 32.1. The lowest BCUT2D eigenvalue weighted by atomic mass is 9.96. The number of rotatable bonds is 5. The molecule has 7 heteroatoms. The fourth-order valence-electron chi connectivity index (χ4n) is 4.78. The molecule has 0 radical (unpaired) electrons. The zero-order chi connectivity index (χ0) is 23.8. The van der Waals surface area contributed by atoms with E-state index < -0.39 is 0 Å². The summed E-state index contributed by atoms with van der Waals surface area (Å²) in [7, 11) is 1.67. The Labute approximate surface area is 203 Å². The van der Waals surface area contributed by atoms with E-state index in [0.717, 1.165) is 39.8 Å². The van der Waals surface area contributed by atoms with Gasteiger partial charge in [0, 0.05) is 35.0 Å². The van der Waals surface area contributed by atoms with Gasteiger partial charge in [0.2, 0.25) is 0 Å². The third-order valence-corrected chi connectivity index (χ3v) is 6.62. The normalized spacial score (nSPS) is 17.6. The molecule has 3 heterocycles. The van der Waals surface area contributed by atoms with Gasteiger partial charge in [0.05, 0.1) is 24.9 Å². The molecule has 0 bridgehead atoms. The average Bonchev–Trinajstić information content (AvgIpc) is 3.35. The Kier molecular flexibility index (Phi) is 5.79. The van der Waals surface area contributed by atoms with Crippen LogP contribution in [0.5, 0.6) is 5.75 Å². The molecular formula is C27H25FN4OS. The van der Waals surface area contributed by atoms with E-state index in [1.54, 1.807) is 25.4 Å². The minimum atomic E-state index is -0.282. The molecule has 0 saturated carbocycles. The van der Waals surface area contributed by atoms with Crippen molar-refractivity contribution in [1.29, 1.82) is 0 Å². The lowest BCUT2D eigenvalue weighted by molar-refractivity contribution is 0.414. The highest BCUT2D eigenvalue weighted by Gasteiger charge is 2.42. The second-order valence-electron chi connectivity index (χ2n) is 8.34. The van der Waals surface area contributed by atoms with Crippen molar-refractivity contribution >= 4 is 23.0 Å². The number of anilines is 1. The van der Waals surface area contributed by atoms with Crippen LogP contribution in [0.25, 0.3) is 5.69 Å². The summed E-state index contributed by atoms with van der Waals surface area (Å²) in [4.78, 5) is 6.68. The van der Waals surface area contributed by atoms with Crippen molar-refractivity contribution in [2.24, 2.45) is 0 Å². The van der Waals surface area contributed by atoms with E-state index in [1.807, 2.05) is 36.4 Å². The molecule has 0 unspecified atom stereocenters. The lowest BCUT2D eigenvalue weighted by Crippen LogP contribution is -2.29. The number of ether oxygens (including phenoxy) is 1. The third kappa shape index (κ3) is 3.82. The average molecular weight is 473 g/mol. The maximum atomic E-state index is 13.7. The summed E-state index contributed by atoms with van der Waals surface area (Å²) in [5.41, 5.74) is 6.05. The van der Waals surface area contributed by atoms with Gasteiger partial charge in [0.1, 0.15) is 11.6 Å². The van der Waals surface area contributed by atoms with Crippen LogP contribution >= 0.6 is 12.2 Å². The van der Waals surface area contributed by atoms with Crippen LogP contribution in [0.1, 0.15) is 34.7 Å². The van der Waals surface area contributed by atoms with E-state index in [4.69, 9.17) is 17.0 Å². The van der Waals surface area contributed by atoms with Crippen LogP contribution < -0.4 is 15.0 Å². The predicted octanol–water partition coefficient (Wildman–Crippen LogP) is 5.81. The molecule has 1 aliphatic rings. The van der Waals surface area contributed by atoms with Gasteiger partial charge in [-0.3, -0.25) is 4.98 Å². The molecule has 172 valence electrons. The van der Waals surface area contributed by atoms with Crippen molar-refractivity contribution in [2.45, 2.75) is 25.9 Å². The number of aromatic nitrogens is 2. The summed E-state index contributed by atoms with van der Waals surface area (Å²) < 4.78 is 21.4. The minimum Gasteiger partial charge on any atom is -0.497 e. The Morgan fingerprint density at radius 2 is 1.76 bits per heavy atom. The van der Waals surface area contributed by atoms with Crippen molar-refractivity contribution in [1.82, 2.24) is 14.9 Å². The van der Waals surface area contributed by atoms with Crippen LogP contribution in [0, 0.1) is 19.7 Å². The smallest absolute Gasteiger partial charge is 0.174 e. The fourth-order valence-corrected chi connectivity index (χ4v) is 5.13. The van der Waals surface area contributed by atoms with Crippen molar-refractivity contribution in [3.05, 3.63) is 107 Å². The summed E-state index contributed by atoms with van der Waals surface area (Å²) in [5, 5.41) is 4.05. The van der Waals surface area contributed by atoms with E-state index in [9.17, 15) is 4.39 Å². The molecule has 2 aromatic carbocycles. The van der Waals surface area contributed by atoms with Gasteiger partial charge in [-0.2, -0.15) is 0 Å². The van der Waals surface area contributed by atoms with Gasteiger partial charge < -0.3 is 19.5 Å². The van der Waals surface area contributed by atoms with Gasteiger partial charge in [-0.15, -0.1) is 0 Å². The van der Waals surface area contributed by atoms with E-state index in [2.05, 4.69) is 45.7 Å². The van der Waals surface area contributed by atoms with Crippen LogP contribution in [-0.4, -0.2) is 21.8 Å². The summed E-state index contributed by atoms with van der Waals surface area (Å²) in [6.45, 7) is 4.20. The van der Waals surface area contributed by atoms with E-state index in [-0.39, 0.29) is 17.9 Å². The van der Waals surface area contributed by atoms with Gasteiger partial charge >= 0.3 is 0 Å². The molecule has 1 saturated heterocycles. The number of halogens is 1. The van der Waals surface area contributed by atoms with Crippen LogP contribution in [0.2, 0.25) is 0 Å². The third-order valence-electron chi connectivity index (χ3n) is 6.30. The Bertz CT molecular complexity index is 1340. The number of benzene rings is 2. The number of hydrogen-bond donors (Lipinski definition) is 1. The number of pyridine rings is 1. The molecule has 0 amide bonds. The lowest BCUT2D eigenvalue weighted by Gasteiger charge is -2.28. The topological polar surface area (TPSA) is 42.3 Å². The Hall–Kier alpha value is -3.71. The first kappa shape index (κ1) is 22.1. The molecule has 1 N–H and O–H groups in total. The van der Waals surface area contributed by atoms with Crippen molar-refractivity contribution in [2.75, 3.05) is 12.0 Å². The van der Waals surface area contributed by atoms with E-state index in [0.29, 0.717) is 5.11 Å². The summed E-state index contributed by atoms with van der Waals surface area (Å²) in [6.07, 6.45) is 1.79. The number of nitrogens with one attached hydrogen (secondary N) is 1. The van der Waals surface area contributed by atoms with Gasteiger partial charge in [0.25, 0.3) is 0 Å². The summed E-state index contributed by atoms with van der Waals surface area (Å²) >= 11 is 5.79. The number of methoxy groups -OCH3 is 1. The predicted molar refractivity (Wildman–Crippen MR) is 136 cm³/mol. The van der Waals surface area contributed by atoms with Crippen molar-refractivity contribution in [3.8, 4) is 11.4 Å². The first-order valence-electron chi connectivity index (χ1n) is 11.1. The Morgan fingerprint density at radius 1 is 0.971 bits per heavy atom. The molecular weight excluding hydrogens is 447 g/mol. The highest BCUT2D eigenvalue weighted by molar-refractivity contribution is 7.80. The SMILES string of the molecule is COc1cccc(-n2c(C)cc([C@H]3[C@H](c4ccccn4)NC(=S)N3c3ccc(F)cc3)c2C)c1. The van der Waals surface area contributed by atoms with Crippen LogP contribution in [-0.2, 0) is 0 Å². The zero-order valence-corrected chi connectivity index (χ0v) is 20.0. The largest absolute Gasteiger partial charge is 0.497 e. The number of thiocarbonyl (C=S) groups is 1. The highest BCUT2D eigenvalue weighted by Crippen LogP contribution is 2.43. The van der Waals surface area contributed by atoms with Gasteiger partial charge in [-0.05, 0) is 86.2 Å². The first-order valence-corrected chi connectivity index (χ1v) is 11.5. The summed E-state index contributed by atoms with van der Waals surface area (Å²) in [5.74, 6) is 0.519. The molecule has 5 rings (SSSR count). The first-order chi connectivity index (χ1) is 16.5. The molecule has 0 spiro atoms. The molecule has 1 fully saturated rings. The van der Waals surface area contributed by atoms with Gasteiger partial charge in [-0.1, -0.05) is 12.1 Å². The molecule has 34 heavy (non-hydrogen) atoms. The monoisotopic (exact) mass is 472 g/mol. The van der Waals surface area contributed by atoms with E-state index >= 15 is 0 Å². The molecule has 0 aliphatic carbocycles. The van der Waals surface area contributed by atoms with Crippen molar-refractivity contribution < 1.29 is 9.13 Å². The second kappa shape index (κ2) is 8.91. The summed E-state index contributed by atoms with van der Waals surface area (Å²) in [6, 6.07) is 22.2. The number of hydrogen-bond acceptors (Lipinski definition) is 3. The maximum Gasteiger partial charge on any atom is 0.174 e. The molecule has 4 aromatic rings. The van der Waals surface area contributed by atoms with Gasteiger partial charge in [0.15, 0.2) is 5.11 Å². The Balaban J connectivity index is 1.67. The van der Waals surface area contributed by atoms with Crippen LogP contribution in [0.4, 0.5) is 10.1 Å². The van der Waals surface area contributed by atoms with Crippen molar-refractivity contribution in [3.63, 3.8) is 0 Å². The molecule has 1 aliphatic heterocycles. The molecule has 5 nitrogen and oxygen atoms in total. The molecule has 2 atom stereocenters.